The van der Waals surface area contributed by atoms with E-state index < -0.39 is 6.10 Å². The van der Waals surface area contributed by atoms with Crippen LogP contribution in [0.25, 0.3) is 0 Å². The number of aliphatic hydroxyl groups is 1. The van der Waals surface area contributed by atoms with E-state index in [9.17, 15) is 9.90 Å². The average molecular weight is 367 g/mol. The quantitative estimate of drug-likeness (QED) is 0.493. The van der Waals surface area contributed by atoms with E-state index in [1.54, 1.807) is 24.3 Å². The van der Waals surface area contributed by atoms with Crippen LogP contribution >= 0.6 is 23.1 Å². The lowest BCUT2D eigenvalue weighted by molar-refractivity contribution is 0.101. The van der Waals surface area contributed by atoms with Crippen LogP contribution in [0.2, 0.25) is 0 Å². The van der Waals surface area contributed by atoms with Crippen molar-refractivity contribution in [1.82, 2.24) is 10.2 Å². The highest BCUT2D eigenvalue weighted by Crippen LogP contribution is 2.26. The number of benzene rings is 1. The monoisotopic (exact) mass is 367 g/mol. The minimum atomic E-state index is -0.613. The van der Waals surface area contributed by atoms with Crippen molar-refractivity contribution in [3.8, 4) is 5.75 Å². The van der Waals surface area contributed by atoms with Gasteiger partial charge in [0.05, 0.1) is 6.10 Å². The molecule has 1 atom stereocenters. The smallest absolute Gasteiger partial charge is 0.206 e. The highest BCUT2D eigenvalue weighted by atomic mass is 32.2. The van der Waals surface area contributed by atoms with Crippen LogP contribution in [0.5, 0.6) is 5.75 Å². The molecule has 8 heteroatoms. The number of aromatic nitrogens is 2. The van der Waals surface area contributed by atoms with Gasteiger partial charge in [-0.3, -0.25) is 4.79 Å². The number of ketones is 1. The largest absolute Gasteiger partial charge is 0.491 e. The molecule has 0 aliphatic rings. The van der Waals surface area contributed by atoms with Crippen molar-refractivity contribution in [2.45, 2.75) is 30.7 Å². The molecule has 0 spiro atoms. The van der Waals surface area contributed by atoms with E-state index in [0.717, 1.165) is 22.4 Å². The van der Waals surface area contributed by atoms with E-state index in [2.05, 4.69) is 22.4 Å². The molecule has 1 aromatic carbocycles. The third-order valence-electron chi connectivity index (χ3n) is 3.04. The Morgan fingerprint density at radius 1 is 1.38 bits per heavy atom. The summed E-state index contributed by atoms with van der Waals surface area (Å²) in [6, 6.07) is 6.88. The number of rotatable bonds is 10. The SMILES string of the molecule is CCCNc1nnc(SCC(O)COc2ccc(C(C)=O)cc2)s1. The van der Waals surface area contributed by atoms with Gasteiger partial charge < -0.3 is 15.2 Å². The maximum absolute atomic E-state index is 11.2. The number of ether oxygens (including phenoxy) is 1. The van der Waals surface area contributed by atoms with Crippen LogP contribution in [-0.2, 0) is 0 Å². The van der Waals surface area contributed by atoms with Crippen molar-refractivity contribution in [3.63, 3.8) is 0 Å². The predicted molar refractivity (Wildman–Crippen MR) is 97.4 cm³/mol. The predicted octanol–water partition coefficient (Wildman–Crippen LogP) is 3.09. The lowest BCUT2D eigenvalue weighted by atomic mass is 10.1. The number of hydrogen-bond acceptors (Lipinski definition) is 8. The fourth-order valence-corrected chi connectivity index (χ4v) is 3.47. The molecule has 1 unspecified atom stereocenters. The summed E-state index contributed by atoms with van der Waals surface area (Å²) in [6.45, 7) is 4.67. The number of carbonyl (C=O) groups excluding carboxylic acids is 1. The van der Waals surface area contributed by atoms with Gasteiger partial charge in [0.25, 0.3) is 0 Å². The Bertz CT molecular complexity index is 646. The number of anilines is 1. The molecular weight excluding hydrogens is 346 g/mol. The standard InChI is InChI=1S/C16H21N3O3S2/c1-3-8-17-15-18-19-16(24-15)23-10-13(21)9-22-14-6-4-12(5-7-14)11(2)20/h4-7,13,21H,3,8-10H2,1-2H3,(H,17,18). The van der Waals surface area contributed by atoms with Crippen molar-refractivity contribution in [2.24, 2.45) is 0 Å². The molecule has 0 aliphatic carbocycles. The summed E-state index contributed by atoms with van der Waals surface area (Å²) in [4.78, 5) is 11.2. The Labute approximate surface area is 149 Å². The molecule has 0 aliphatic heterocycles. The number of nitrogens with one attached hydrogen (secondary N) is 1. The van der Waals surface area contributed by atoms with Crippen LogP contribution in [0.1, 0.15) is 30.6 Å². The van der Waals surface area contributed by atoms with Gasteiger partial charge >= 0.3 is 0 Å². The van der Waals surface area contributed by atoms with Gasteiger partial charge in [0.2, 0.25) is 5.13 Å². The first-order valence-corrected chi connectivity index (χ1v) is 9.50. The lowest BCUT2D eigenvalue weighted by Crippen LogP contribution is -2.20. The van der Waals surface area contributed by atoms with Crippen LogP contribution in [0, 0.1) is 0 Å². The van der Waals surface area contributed by atoms with Gasteiger partial charge in [-0.1, -0.05) is 30.0 Å². The number of Topliss-reactive ketones (excluding diaryl/α,β-unsaturated/α-hetero) is 1. The maximum Gasteiger partial charge on any atom is 0.206 e. The summed E-state index contributed by atoms with van der Waals surface area (Å²) in [5.41, 5.74) is 0.641. The molecule has 2 rings (SSSR count). The Balaban J connectivity index is 1.72. The van der Waals surface area contributed by atoms with Crippen molar-refractivity contribution >= 4 is 34.0 Å². The highest BCUT2D eigenvalue weighted by molar-refractivity contribution is 8.01. The molecular formula is C16H21N3O3S2. The second-order valence-electron chi connectivity index (χ2n) is 5.16. The molecule has 0 saturated carbocycles. The Hall–Kier alpha value is -1.64. The van der Waals surface area contributed by atoms with Crippen molar-refractivity contribution in [2.75, 3.05) is 24.2 Å². The molecule has 2 N–H and O–H groups in total. The third-order valence-corrected chi connectivity index (χ3v) is 5.19. The summed E-state index contributed by atoms with van der Waals surface area (Å²) in [7, 11) is 0. The highest BCUT2D eigenvalue weighted by Gasteiger charge is 2.10. The van der Waals surface area contributed by atoms with E-state index in [1.807, 2.05) is 0 Å². The molecule has 2 aromatic rings. The molecule has 6 nitrogen and oxygen atoms in total. The van der Waals surface area contributed by atoms with Crippen LogP contribution in [0.15, 0.2) is 28.6 Å². The van der Waals surface area contributed by atoms with Gasteiger partial charge in [0, 0.05) is 17.9 Å². The second kappa shape index (κ2) is 9.61. The molecule has 24 heavy (non-hydrogen) atoms. The van der Waals surface area contributed by atoms with Gasteiger partial charge in [-0.15, -0.1) is 10.2 Å². The van der Waals surface area contributed by atoms with Gasteiger partial charge in [-0.25, -0.2) is 0 Å². The first-order chi connectivity index (χ1) is 11.6. The summed E-state index contributed by atoms with van der Waals surface area (Å²) in [5, 5.41) is 22.1. The van der Waals surface area contributed by atoms with E-state index >= 15 is 0 Å². The fourth-order valence-electron chi connectivity index (χ4n) is 1.77. The number of hydrogen-bond donors (Lipinski definition) is 2. The van der Waals surface area contributed by atoms with Gasteiger partial charge in [0.15, 0.2) is 10.1 Å². The van der Waals surface area contributed by atoms with Crippen LogP contribution < -0.4 is 10.1 Å². The van der Waals surface area contributed by atoms with E-state index in [1.165, 1.54) is 30.0 Å². The summed E-state index contributed by atoms with van der Waals surface area (Å²) >= 11 is 2.93. The first-order valence-electron chi connectivity index (χ1n) is 7.70. The topological polar surface area (TPSA) is 84.3 Å². The zero-order chi connectivity index (χ0) is 17.4. The number of carbonyl (C=O) groups is 1. The second-order valence-corrected chi connectivity index (χ2v) is 7.40. The minimum Gasteiger partial charge on any atom is -0.491 e. The van der Waals surface area contributed by atoms with Gasteiger partial charge in [-0.2, -0.15) is 0 Å². The van der Waals surface area contributed by atoms with E-state index in [-0.39, 0.29) is 12.4 Å². The molecule has 0 fully saturated rings. The maximum atomic E-state index is 11.2. The normalized spacial score (nSPS) is 12.0. The fraction of sp³-hybridized carbons (Fsp3) is 0.438. The molecule has 0 amide bonds. The zero-order valence-corrected chi connectivity index (χ0v) is 15.3. The van der Waals surface area contributed by atoms with Gasteiger partial charge in [0.1, 0.15) is 12.4 Å². The molecule has 130 valence electrons. The summed E-state index contributed by atoms with van der Waals surface area (Å²) in [5.74, 6) is 1.13. The summed E-state index contributed by atoms with van der Waals surface area (Å²) in [6.07, 6.45) is 0.421. The van der Waals surface area contributed by atoms with Crippen LogP contribution in [0.4, 0.5) is 5.13 Å². The first kappa shape index (κ1) is 18.7. The van der Waals surface area contributed by atoms with Crippen molar-refractivity contribution in [1.29, 1.82) is 0 Å². The Morgan fingerprint density at radius 2 is 2.12 bits per heavy atom. The van der Waals surface area contributed by atoms with Crippen LogP contribution in [0.3, 0.4) is 0 Å². The molecule has 0 bridgehead atoms. The minimum absolute atomic E-state index is 0.0165. The third kappa shape index (κ3) is 6.10. The van der Waals surface area contributed by atoms with Crippen molar-refractivity contribution < 1.29 is 14.6 Å². The average Bonchev–Trinajstić information content (AvgIpc) is 3.04. The van der Waals surface area contributed by atoms with Crippen molar-refractivity contribution in [3.05, 3.63) is 29.8 Å². The zero-order valence-electron chi connectivity index (χ0n) is 13.7. The van der Waals surface area contributed by atoms with E-state index in [0.29, 0.717) is 17.1 Å². The number of nitrogens with zero attached hydrogens (tertiary/aromatic N) is 2. The molecule has 0 saturated heterocycles. The number of aliphatic hydroxyl groups excluding tert-OH is 1. The molecule has 1 aromatic heterocycles. The van der Waals surface area contributed by atoms with Crippen LogP contribution in [-0.4, -0.2) is 46.1 Å². The Kier molecular flexibility index (Phi) is 7.48. The molecule has 1 heterocycles. The summed E-state index contributed by atoms with van der Waals surface area (Å²) < 4.78 is 6.35. The molecule has 0 radical (unpaired) electrons. The van der Waals surface area contributed by atoms with Gasteiger partial charge in [-0.05, 0) is 37.6 Å². The lowest BCUT2D eigenvalue weighted by Gasteiger charge is -2.11. The number of thioether (sulfide) groups is 1. The van der Waals surface area contributed by atoms with E-state index in [4.69, 9.17) is 4.74 Å². The Morgan fingerprint density at radius 3 is 2.79 bits per heavy atom.